The molecular formula is C20H11BrF4O3. The summed E-state index contributed by atoms with van der Waals surface area (Å²) in [6.07, 6.45) is 2.71. The Hall–Kier alpha value is -2.87. The zero-order valence-electron chi connectivity index (χ0n) is 14.0. The molecule has 0 atom stereocenters. The van der Waals surface area contributed by atoms with Crippen molar-refractivity contribution in [3.05, 3.63) is 93.4 Å². The number of carbonyl (C=O) groups excluding carboxylic acids is 1. The highest BCUT2D eigenvalue weighted by atomic mass is 79.9. The molecule has 0 unspecified atom stereocenters. The fourth-order valence-corrected chi connectivity index (χ4v) is 2.68. The van der Waals surface area contributed by atoms with Gasteiger partial charge in [-0.3, -0.25) is 4.79 Å². The van der Waals surface area contributed by atoms with Gasteiger partial charge in [-0.1, -0.05) is 28.1 Å². The lowest BCUT2D eigenvalue weighted by molar-refractivity contribution is 0.104. The summed E-state index contributed by atoms with van der Waals surface area (Å²) >= 11 is 3.28. The maximum absolute atomic E-state index is 13.6. The number of ether oxygens (including phenoxy) is 1. The molecule has 2 aromatic carbocycles. The summed E-state index contributed by atoms with van der Waals surface area (Å²) in [6.45, 7) is -0.468. The first-order valence-electron chi connectivity index (χ1n) is 7.87. The normalized spacial score (nSPS) is 11.2. The monoisotopic (exact) mass is 454 g/mol. The molecule has 3 nitrogen and oxygen atoms in total. The van der Waals surface area contributed by atoms with Gasteiger partial charge in [-0.2, -0.15) is 8.78 Å². The molecular weight excluding hydrogens is 444 g/mol. The Balaban J connectivity index is 1.67. The molecule has 144 valence electrons. The maximum Gasteiger partial charge on any atom is 0.203 e. The largest absolute Gasteiger partial charge is 0.479 e. The van der Waals surface area contributed by atoms with Gasteiger partial charge in [0.2, 0.25) is 11.6 Å². The van der Waals surface area contributed by atoms with E-state index in [1.807, 2.05) is 0 Å². The van der Waals surface area contributed by atoms with Crippen molar-refractivity contribution >= 4 is 27.8 Å². The van der Waals surface area contributed by atoms with E-state index < -0.39 is 35.6 Å². The number of furan rings is 1. The van der Waals surface area contributed by atoms with E-state index >= 15 is 0 Å². The molecule has 0 aliphatic rings. The lowest BCUT2D eigenvalue weighted by Gasteiger charge is -2.08. The summed E-state index contributed by atoms with van der Waals surface area (Å²) < 4.78 is 64.4. The van der Waals surface area contributed by atoms with Crippen molar-refractivity contribution in [1.29, 1.82) is 0 Å². The van der Waals surface area contributed by atoms with Crippen molar-refractivity contribution in [2.45, 2.75) is 6.61 Å². The Morgan fingerprint density at radius 3 is 2.43 bits per heavy atom. The van der Waals surface area contributed by atoms with Crippen LogP contribution in [0.15, 0.2) is 57.4 Å². The van der Waals surface area contributed by atoms with E-state index in [4.69, 9.17) is 9.15 Å². The summed E-state index contributed by atoms with van der Waals surface area (Å²) in [7, 11) is 0. The van der Waals surface area contributed by atoms with Crippen molar-refractivity contribution in [3.63, 3.8) is 0 Å². The number of allylic oxidation sites excluding steroid dienone is 1. The number of carbonyl (C=O) groups is 1. The summed E-state index contributed by atoms with van der Waals surface area (Å²) in [5.41, 5.74) is 0.472. The first-order chi connectivity index (χ1) is 13.3. The van der Waals surface area contributed by atoms with Crippen LogP contribution in [-0.4, -0.2) is 5.78 Å². The van der Waals surface area contributed by atoms with Crippen molar-refractivity contribution < 1.29 is 31.5 Å². The highest BCUT2D eigenvalue weighted by Gasteiger charge is 2.21. The molecule has 0 bridgehead atoms. The smallest absolute Gasteiger partial charge is 0.203 e. The van der Waals surface area contributed by atoms with Gasteiger partial charge in [0.25, 0.3) is 0 Å². The highest BCUT2D eigenvalue weighted by molar-refractivity contribution is 9.10. The van der Waals surface area contributed by atoms with E-state index in [1.165, 1.54) is 24.3 Å². The minimum absolute atomic E-state index is 0.0929. The highest BCUT2D eigenvalue weighted by Crippen LogP contribution is 2.27. The average molecular weight is 455 g/mol. The van der Waals surface area contributed by atoms with Crippen LogP contribution < -0.4 is 4.74 Å². The Kier molecular flexibility index (Phi) is 5.99. The quantitative estimate of drug-likeness (QED) is 0.196. The van der Waals surface area contributed by atoms with Crippen LogP contribution in [0.2, 0.25) is 0 Å². The molecule has 0 saturated carbocycles. The van der Waals surface area contributed by atoms with Crippen LogP contribution in [0.4, 0.5) is 17.6 Å². The third-order valence-electron chi connectivity index (χ3n) is 3.62. The van der Waals surface area contributed by atoms with E-state index in [0.717, 1.165) is 4.47 Å². The number of ketones is 1. The van der Waals surface area contributed by atoms with Crippen LogP contribution in [0, 0.1) is 23.3 Å². The van der Waals surface area contributed by atoms with Crippen LogP contribution in [0.25, 0.3) is 6.08 Å². The second-order valence-electron chi connectivity index (χ2n) is 5.60. The third-order valence-corrected chi connectivity index (χ3v) is 4.11. The van der Waals surface area contributed by atoms with Crippen LogP contribution in [0.1, 0.15) is 21.9 Å². The topological polar surface area (TPSA) is 39.4 Å². The van der Waals surface area contributed by atoms with Gasteiger partial charge in [0, 0.05) is 16.1 Å². The van der Waals surface area contributed by atoms with Gasteiger partial charge < -0.3 is 9.15 Å². The van der Waals surface area contributed by atoms with Crippen LogP contribution >= 0.6 is 15.9 Å². The van der Waals surface area contributed by atoms with Crippen LogP contribution in [0.3, 0.4) is 0 Å². The molecule has 0 aliphatic carbocycles. The van der Waals surface area contributed by atoms with E-state index in [-0.39, 0.29) is 23.4 Å². The van der Waals surface area contributed by atoms with Gasteiger partial charge in [-0.25, -0.2) is 8.78 Å². The zero-order chi connectivity index (χ0) is 20.3. The van der Waals surface area contributed by atoms with Crippen LogP contribution in [0.5, 0.6) is 5.75 Å². The zero-order valence-corrected chi connectivity index (χ0v) is 15.6. The fourth-order valence-electron chi connectivity index (χ4n) is 2.28. The SMILES string of the molecule is O=C(/C=C/c1ccc(COc2c(F)c(F)cc(F)c2F)o1)c1cccc(Br)c1. The molecule has 0 saturated heterocycles. The molecule has 0 aliphatic heterocycles. The molecule has 3 aromatic rings. The standard InChI is InChI=1S/C20H11BrF4O3/c21-12-3-1-2-11(8-12)17(26)7-6-13-4-5-14(28-13)10-27-20-18(24)15(22)9-16(23)19(20)25/h1-9H,10H2/b7-6+. The molecule has 1 heterocycles. The Morgan fingerprint density at radius 2 is 1.75 bits per heavy atom. The number of benzene rings is 2. The van der Waals surface area contributed by atoms with Crippen molar-refractivity contribution in [1.82, 2.24) is 0 Å². The van der Waals surface area contributed by atoms with Gasteiger partial charge in [-0.15, -0.1) is 0 Å². The van der Waals surface area contributed by atoms with Crippen LogP contribution in [-0.2, 0) is 6.61 Å². The Morgan fingerprint density at radius 1 is 1.04 bits per heavy atom. The third kappa shape index (κ3) is 4.51. The first kappa shape index (κ1) is 19.9. The number of halogens is 5. The van der Waals surface area contributed by atoms with Gasteiger partial charge in [-0.05, 0) is 36.4 Å². The second kappa shape index (κ2) is 8.43. The minimum Gasteiger partial charge on any atom is -0.479 e. The molecule has 0 spiro atoms. The van der Waals surface area contributed by atoms with Gasteiger partial charge in [0.05, 0.1) is 0 Å². The van der Waals surface area contributed by atoms with Crippen molar-refractivity contribution in [2.75, 3.05) is 0 Å². The molecule has 0 N–H and O–H groups in total. The molecule has 8 heteroatoms. The van der Waals surface area contributed by atoms with E-state index in [1.54, 1.807) is 24.3 Å². The second-order valence-corrected chi connectivity index (χ2v) is 6.51. The number of hydrogen-bond acceptors (Lipinski definition) is 3. The van der Waals surface area contributed by atoms with E-state index in [0.29, 0.717) is 5.56 Å². The van der Waals surface area contributed by atoms with E-state index in [9.17, 15) is 22.4 Å². The fraction of sp³-hybridized carbons (Fsp3) is 0.0500. The maximum atomic E-state index is 13.6. The lowest BCUT2D eigenvalue weighted by atomic mass is 10.1. The molecule has 1 aromatic heterocycles. The van der Waals surface area contributed by atoms with Crippen molar-refractivity contribution in [3.8, 4) is 5.75 Å². The van der Waals surface area contributed by atoms with Gasteiger partial charge in [0.1, 0.15) is 18.1 Å². The number of rotatable bonds is 6. The molecule has 28 heavy (non-hydrogen) atoms. The molecule has 3 rings (SSSR count). The molecule has 0 radical (unpaired) electrons. The lowest BCUT2D eigenvalue weighted by Crippen LogP contribution is -2.03. The predicted octanol–water partition coefficient (Wildman–Crippen LogP) is 6.07. The number of hydrogen-bond donors (Lipinski definition) is 0. The molecule has 0 fully saturated rings. The summed E-state index contributed by atoms with van der Waals surface area (Å²) in [5, 5.41) is 0. The Labute approximate surface area is 165 Å². The van der Waals surface area contributed by atoms with E-state index in [2.05, 4.69) is 15.9 Å². The van der Waals surface area contributed by atoms with Crippen molar-refractivity contribution in [2.24, 2.45) is 0 Å². The Bertz CT molecular complexity index is 1030. The summed E-state index contributed by atoms with van der Waals surface area (Å²) in [6, 6.07) is 9.86. The molecule has 0 amide bonds. The van der Waals surface area contributed by atoms with Gasteiger partial charge in [0.15, 0.2) is 23.2 Å². The summed E-state index contributed by atoms with van der Waals surface area (Å²) in [5.74, 6) is -7.40. The van der Waals surface area contributed by atoms with Gasteiger partial charge >= 0.3 is 0 Å². The average Bonchev–Trinajstić information content (AvgIpc) is 3.12. The summed E-state index contributed by atoms with van der Waals surface area (Å²) in [4.78, 5) is 12.1. The minimum atomic E-state index is -1.63. The first-order valence-corrected chi connectivity index (χ1v) is 8.67. The predicted molar refractivity (Wildman–Crippen MR) is 96.8 cm³/mol.